The van der Waals surface area contributed by atoms with E-state index in [2.05, 4.69) is 10.2 Å². The Kier molecular flexibility index (Phi) is 6.71. The third-order valence-corrected chi connectivity index (χ3v) is 6.16. The fourth-order valence-electron chi connectivity index (χ4n) is 4.33. The fraction of sp³-hybridized carbons (Fsp3) is 0.185. The first-order chi connectivity index (χ1) is 18.7. The Morgan fingerprint density at radius 3 is 2.26 bits per heavy atom. The van der Waals surface area contributed by atoms with Crippen LogP contribution in [0.15, 0.2) is 68.6 Å². The SMILES string of the molecule is COc1ccc(-n2c(=O)c3c(CN(C)C)c(-c4ccc(N)cc4)oc3n(Cc3c(F)cccc3F)c2=O)nn1. The van der Waals surface area contributed by atoms with E-state index in [0.29, 0.717) is 22.6 Å². The van der Waals surface area contributed by atoms with Gasteiger partial charge in [-0.25, -0.2) is 18.1 Å². The van der Waals surface area contributed by atoms with Crippen LogP contribution in [0.25, 0.3) is 28.2 Å². The van der Waals surface area contributed by atoms with Gasteiger partial charge in [0.15, 0.2) is 5.82 Å². The Hall–Kier alpha value is -4.84. The number of nitrogen functional groups attached to an aromatic ring is 1. The fourth-order valence-corrected chi connectivity index (χ4v) is 4.33. The van der Waals surface area contributed by atoms with Crippen molar-refractivity contribution < 1.29 is 17.9 Å². The number of benzene rings is 2. The van der Waals surface area contributed by atoms with Crippen molar-refractivity contribution >= 4 is 16.8 Å². The summed E-state index contributed by atoms with van der Waals surface area (Å²) in [6.45, 7) is -0.295. The van der Waals surface area contributed by atoms with E-state index in [1.165, 1.54) is 25.3 Å². The quantitative estimate of drug-likeness (QED) is 0.316. The molecule has 10 nitrogen and oxygen atoms in total. The molecule has 5 aromatic rings. The number of aromatic nitrogens is 4. The minimum Gasteiger partial charge on any atom is -0.480 e. The Morgan fingerprint density at radius 2 is 1.67 bits per heavy atom. The molecule has 0 aliphatic carbocycles. The van der Waals surface area contributed by atoms with Crippen LogP contribution in [0.5, 0.6) is 5.88 Å². The van der Waals surface area contributed by atoms with Gasteiger partial charge in [-0.1, -0.05) is 6.07 Å². The number of furan rings is 1. The molecule has 0 bridgehead atoms. The van der Waals surface area contributed by atoms with Crippen LogP contribution < -0.4 is 21.7 Å². The van der Waals surface area contributed by atoms with Crippen LogP contribution in [0.4, 0.5) is 14.5 Å². The Labute approximate surface area is 220 Å². The highest BCUT2D eigenvalue weighted by atomic mass is 19.1. The van der Waals surface area contributed by atoms with Crippen molar-refractivity contribution in [2.75, 3.05) is 26.9 Å². The number of hydrogen-bond acceptors (Lipinski definition) is 8. The van der Waals surface area contributed by atoms with Crippen molar-refractivity contribution in [2.45, 2.75) is 13.1 Å². The van der Waals surface area contributed by atoms with Crippen molar-refractivity contribution in [3.05, 3.63) is 98.2 Å². The molecule has 3 aromatic heterocycles. The van der Waals surface area contributed by atoms with Crippen molar-refractivity contribution in [3.63, 3.8) is 0 Å². The molecule has 0 amide bonds. The van der Waals surface area contributed by atoms with Gasteiger partial charge in [0.2, 0.25) is 11.6 Å². The molecule has 0 atom stereocenters. The lowest BCUT2D eigenvalue weighted by Gasteiger charge is -2.13. The van der Waals surface area contributed by atoms with Crippen molar-refractivity contribution in [3.8, 4) is 23.0 Å². The highest BCUT2D eigenvalue weighted by Gasteiger charge is 2.27. The van der Waals surface area contributed by atoms with E-state index in [9.17, 15) is 18.4 Å². The van der Waals surface area contributed by atoms with E-state index in [0.717, 1.165) is 21.3 Å². The zero-order chi connectivity index (χ0) is 27.8. The Bertz CT molecular complexity index is 1770. The molecule has 0 saturated carbocycles. The second-order valence-electron chi connectivity index (χ2n) is 9.09. The van der Waals surface area contributed by atoms with Crippen molar-refractivity contribution in [1.82, 2.24) is 24.2 Å². The summed E-state index contributed by atoms with van der Waals surface area (Å²) >= 11 is 0. The number of nitrogens with two attached hydrogens (primary N) is 1. The summed E-state index contributed by atoms with van der Waals surface area (Å²) in [5.41, 5.74) is 5.32. The van der Waals surface area contributed by atoms with Crippen LogP contribution in [-0.4, -0.2) is 45.4 Å². The van der Waals surface area contributed by atoms with Gasteiger partial charge >= 0.3 is 5.69 Å². The van der Waals surface area contributed by atoms with Gasteiger partial charge in [-0.3, -0.25) is 9.36 Å². The van der Waals surface area contributed by atoms with Crippen LogP contribution in [0.2, 0.25) is 0 Å². The van der Waals surface area contributed by atoms with Gasteiger partial charge in [0.25, 0.3) is 5.56 Å². The summed E-state index contributed by atoms with van der Waals surface area (Å²) in [5, 5.41) is 7.89. The molecule has 5 rings (SSSR count). The first-order valence-corrected chi connectivity index (χ1v) is 11.8. The molecule has 0 fully saturated rings. The number of fused-ring (bicyclic) bond motifs is 1. The first kappa shape index (κ1) is 25.8. The smallest absolute Gasteiger partial charge is 0.340 e. The molecule has 0 aliphatic heterocycles. The normalized spacial score (nSPS) is 11.4. The van der Waals surface area contributed by atoms with Crippen LogP contribution >= 0.6 is 0 Å². The van der Waals surface area contributed by atoms with E-state index in [1.807, 2.05) is 19.0 Å². The third kappa shape index (κ3) is 4.66. The van der Waals surface area contributed by atoms with E-state index in [4.69, 9.17) is 14.9 Å². The lowest BCUT2D eigenvalue weighted by molar-refractivity contribution is 0.391. The topological polar surface area (TPSA) is 121 Å². The molecular weight excluding hydrogens is 510 g/mol. The Morgan fingerprint density at radius 1 is 0.974 bits per heavy atom. The van der Waals surface area contributed by atoms with E-state index in [-0.39, 0.29) is 34.9 Å². The van der Waals surface area contributed by atoms with Gasteiger partial charge in [0.05, 0.1) is 13.7 Å². The van der Waals surface area contributed by atoms with Crippen LogP contribution in [-0.2, 0) is 13.1 Å². The molecule has 200 valence electrons. The number of anilines is 1. The van der Waals surface area contributed by atoms with Gasteiger partial charge in [-0.2, -0.15) is 0 Å². The van der Waals surface area contributed by atoms with Crippen molar-refractivity contribution in [1.29, 1.82) is 0 Å². The highest BCUT2D eigenvalue weighted by Crippen LogP contribution is 2.33. The largest absolute Gasteiger partial charge is 0.480 e. The zero-order valence-corrected chi connectivity index (χ0v) is 21.3. The average molecular weight is 535 g/mol. The molecular formula is C27H24F2N6O4. The molecule has 3 heterocycles. The van der Waals surface area contributed by atoms with Gasteiger partial charge in [-0.05, 0) is 56.6 Å². The molecule has 0 unspecified atom stereocenters. The number of hydrogen-bond donors (Lipinski definition) is 1. The number of nitrogens with zero attached hydrogens (tertiary/aromatic N) is 5. The minimum absolute atomic E-state index is 0.0597. The number of methoxy groups -OCH3 is 1. The molecule has 39 heavy (non-hydrogen) atoms. The summed E-state index contributed by atoms with van der Waals surface area (Å²) in [6, 6.07) is 13.0. The molecule has 0 aliphatic rings. The van der Waals surface area contributed by atoms with E-state index < -0.39 is 29.4 Å². The van der Waals surface area contributed by atoms with Crippen LogP contribution in [0, 0.1) is 11.6 Å². The standard InChI is InChI=1S/C27H24F2N6O4/c1-33(2)13-18-23-25(36)35(21-11-12-22(38-3)32-31-21)27(37)34(14-17-19(28)5-4-6-20(17)29)26(23)39-24(18)15-7-9-16(30)10-8-15/h4-12H,13-14,30H2,1-3H3. The monoisotopic (exact) mass is 534 g/mol. The van der Waals surface area contributed by atoms with Gasteiger partial charge in [-0.15, -0.1) is 10.2 Å². The van der Waals surface area contributed by atoms with Crippen LogP contribution in [0.1, 0.15) is 11.1 Å². The average Bonchev–Trinajstić information content (AvgIpc) is 3.27. The molecule has 12 heteroatoms. The maximum absolute atomic E-state index is 14.7. The number of rotatable bonds is 7. The van der Waals surface area contributed by atoms with Gasteiger partial charge in [0, 0.05) is 35.0 Å². The van der Waals surface area contributed by atoms with E-state index in [1.54, 1.807) is 24.3 Å². The molecule has 2 N–H and O–H groups in total. The Balaban J connectivity index is 1.89. The molecule has 0 saturated heterocycles. The second kappa shape index (κ2) is 10.1. The molecule has 2 aromatic carbocycles. The van der Waals surface area contributed by atoms with Crippen molar-refractivity contribution in [2.24, 2.45) is 0 Å². The lowest BCUT2D eigenvalue weighted by Crippen LogP contribution is -2.40. The summed E-state index contributed by atoms with van der Waals surface area (Å²) in [4.78, 5) is 29.6. The summed E-state index contributed by atoms with van der Waals surface area (Å²) in [7, 11) is 5.02. The van der Waals surface area contributed by atoms with Gasteiger partial charge < -0.3 is 19.8 Å². The van der Waals surface area contributed by atoms with Gasteiger partial charge in [0.1, 0.15) is 22.8 Å². The maximum atomic E-state index is 14.7. The van der Waals surface area contributed by atoms with E-state index >= 15 is 0 Å². The summed E-state index contributed by atoms with van der Waals surface area (Å²) in [6.07, 6.45) is 0. The number of ether oxygens (including phenoxy) is 1. The van der Waals surface area contributed by atoms with Crippen LogP contribution in [0.3, 0.4) is 0 Å². The predicted octanol–water partition coefficient (Wildman–Crippen LogP) is 3.18. The summed E-state index contributed by atoms with van der Waals surface area (Å²) in [5.74, 6) is -1.31. The first-order valence-electron chi connectivity index (χ1n) is 11.8. The second-order valence-corrected chi connectivity index (χ2v) is 9.09. The lowest BCUT2D eigenvalue weighted by atomic mass is 10.1. The summed E-state index contributed by atoms with van der Waals surface area (Å²) < 4.78 is 42.4. The molecule has 0 spiro atoms. The molecule has 0 radical (unpaired) electrons. The predicted molar refractivity (Wildman–Crippen MR) is 141 cm³/mol. The zero-order valence-electron chi connectivity index (χ0n) is 21.3. The number of halogens is 2. The highest BCUT2D eigenvalue weighted by molar-refractivity contribution is 5.85. The maximum Gasteiger partial charge on any atom is 0.340 e. The third-order valence-electron chi connectivity index (χ3n) is 6.16. The minimum atomic E-state index is -0.913.